The number of hydrogen-bond donors (Lipinski definition) is 1. The van der Waals surface area contributed by atoms with Crippen molar-refractivity contribution in [1.82, 2.24) is 0 Å². The third kappa shape index (κ3) is 6.94. The molecule has 0 amide bonds. The second kappa shape index (κ2) is 10.8. The van der Waals surface area contributed by atoms with E-state index in [1.807, 2.05) is 17.2 Å². The topological polar surface area (TPSA) is 66.8 Å². The van der Waals surface area contributed by atoms with Crippen molar-refractivity contribution in [1.29, 1.82) is 0 Å². The van der Waals surface area contributed by atoms with Crippen LogP contribution in [0.4, 0.5) is 24.5 Å². The number of rotatable bonds is 9. The van der Waals surface area contributed by atoms with E-state index in [2.05, 4.69) is 0 Å². The van der Waals surface area contributed by atoms with Gasteiger partial charge in [0.25, 0.3) is 0 Å². The minimum Gasteiger partial charge on any atom is -0.491 e. The fraction of sp³-hybridized carbons (Fsp3) is 0.480. The number of alkyl halides is 2. The number of nitrogens with zero attached hydrogens (tertiary/aromatic N) is 1. The fourth-order valence-corrected chi connectivity index (χ4v) is 5.80. The molecule has 2 atom stereocenters. The lowest BCUT2D eigenvalue weighted by Gasteiger charge is -2.29. The van der Waals surface area contributed by atoms with Crippen molar-refractivity contribution in [2.75, 3.05) is 30.1 Å². The van der Waals surface area contributed by atoms with Crippen LogP contribution in [0.25, 0.3) is 0 Å². The third-order valence-electron chi connectivity index (χ3n) is 5.91. The van der Waals surface area contributed by atoms with Crippen molar-refractivity contribution in [3.63, 3.8) is 0 Å². The maximum atomic E-state index is 13.6. The molecule has 192 valence electrons. The number of fused-ring (bicyclic) bond motifs is 1. The van der Waals surface area contributed by atoms with Gasteiger partial charge in [-0.05, 0) is 75.8 Å². The molecule has 0 saturated heterocycles. The van der Waals surface area contributed by atoms with E-state index in [0.717, 1.165) is 6.92 Å². The summed E-state index contributed by atoms with van der Waals surface area (Å²) in [5.41, 5.74) is 0.167. The van der Waals surface area contributed by atoms with Crippen LogP contribution in [-0.2, 0) is 15.6 Å². The molecule has 3 rings (SSSR count). The van der Waals surface area contributed by atoms with Crippen LogP contribution in [0, 0.1) is 17.2 Å². The average molecular weight is 530 g/mol. The third-order valence-corrected chi connectivity index (χ3v) is 8.26. The fourth-order valence-electron chi connectivity index (χ4n) is 3.73. The standard InChI is InChI=1S/C25H30F3NO4S2/c1-24(2,23(30)31)15-33-20-12-22-19(11-21(20)34-4)29(18-7-5-17(26)6-8-18)13-16(14-35(22)32)9-10-25(3,27)28/h5-8,11-12,16H,9-10,13-15H2,1-4H3,(H,30,31). The van der Waals surface area contributed by atoms with Gasteiger partial charge < -0.3 is 14.7 Å². The Bertz CT molecular complexity index is 1090. The summed E-state index contributed by atoms with van der Waals surface area (Å²) in [6, 6.07) is 9.35. The van der Waals surface area contributed by atoms with Crippen LogP contribution in [0.5, 0.6) is 5.75 Å². The highest BCUT2D eigenvalue weighted by Crippen LogP contribution is 2.43. The lowest BCUT2D eigenvalue weighted by atomic mass is 9.95. The molecule has 0 spiro atoms. The first kappa shape index (κ1) is 27.4. The molecule has 1 aliphatic heterocycles. The van der Waals surface area contributed by atoms with Crippen LogP contribution < -0.4 is 9.64 Å². The van der Waals surface area contributed by atoms with Crippen molar-refractivity contribution in [3.05, 3.63) is 42.2 Å². The molecule has 0 aliphatic carbocycles. The van der Waals surface area contributed by atoms with Gasteiger partial charge in [0.15, 0.2) is 0 Å². The highest BCUT2D eigenvalue weighted by atomic mass is 32.2. The van der Waals surface area contributed by atoms with Crippen LogP contribution in [0.2, 0.25) is 0 Å². The molecular formula is C25H30F3NO4S2. The minimum atomic E-state index is -2.83. The SMILES string of the molecule is CSc1cc2c(cc1OCC(C)(C)C(=O)O)S(=O)CC(CCC(C)(F)F)CN2c1ccc(F)cc1. The van der Waals surface area contributed by atoms with E-state index < -0.39 is 33.9 Å². The first-order valence-corrected chi connectivity index (χ1v) is 13.7. The predicted octanol–water partition coefficient (Wildman–Crippen LogP) is 6.35. The van der Waals surface area contributed by atoms with Crippen molar-refractivity contribution in [2.45, 2.75) is 49.3 Å². The summed E-state index contributed by atoms with van der Waals surface area (Å²) in [7, 11) is -1.51. The second-order valence-corrected chi connectivity index (χ2v) is 11.8. The Kier molecular flexibility index (Phi) is 8.47. The Morgan fingerprint density at radius 2 is 1.89 bits per heavy atom. The second-order valence-electron chi connectivity index (χ2n) is 9.52. The molecule has 1 aliphatic rings. The van der Waals surface area contributed by atoms with Crippen LogP contribution in [0.3, 0.4) is 0 Å². The summed E-state index contributed by atoms with van der Waals surface area (Å²) in [5.74, 6) is -3.91. The van der Waals surface area contributed by atoms with Gasteiger partial charge in [-0.25, -0.2) is 13.2 Å². The molecule has 10 heteroatoms. The van der Waals surface area contributed by atoms with Crippen LogP contribution >= 0.6 is 11.8 Å². The van der Waals surface area contributed by atoms with Gasteiger partial charge in [-0.15, -0.1) is 11.8 Å². The molecular weight excluding hydrogens is 499 g/mol. The summed E-state index contributed by atoms with van der Waals surface area (Å²) >= 11 is 1.39. The predicted molar refractivity (Wildman–Crippen MR) is 133 cm³/mol. The van der Waals surface area contributed by atoms with Gasteiger partial charge in [-0.3, -0.25) is 9.00 Å². The highest BCUT2D eigenvalue weighted by Gasteiger charge is 2.32. The van der Waals surface area contributed by atoms with Crippen LogP contribution in [0.15, 0.2) is 46.2 Å². The maximum absolute atomic E-state index is 13.6. The summed E-state index contributed by atoms with van der Waals surface area (Å²) in [6.07, 6.45) is 1.71. The molecule has 2 unspecified atom stereocenters. The molecule has 2 aromatic rings. The van der Waals surface area contributed by atoms with E-state index in [1.165, 1.54) is 23.9 Å². The summed E-state index contributed by atoms with van der Waals surface area (Å²) < 4.78 is 60.1. The number of carboxylic acid groups (broad SMARTS) is 1. The Morgan fingerprint density at radius 1 is 1.23 bits per heavy atom. The Hall–Kier alpha value is -2.20. The number of ether oxygens (including phenoxy) is 1. The molecule has 5 nitrogen and oxygen atoms in total. The number of carbonyl (C=O) groups is 1. The zero-order valence-corrected chi connectivity index (χ0v) is 21.8. The summed E-state index contributed by atoms with van der Waals surface area (Å²) in [4.78, 5) is 14.6. The quantitative estimate of drug-likeness (QED) is 0.382. The Balaban J connectivity index is 2.05. The van der Waals surface area contributed by atoms with E-state index >= 15 is 0 Å². The van der Waals surface area contributed by atoms with Gasteiger partial charge in [0.05, 0.1) is 31.7 Å². The molecule has 2 aromatic carbocycles. The van der Waals surface area contributed by atoms with Gasteiger partial charge >= 0.3 is 5.97 Å². The minimum absolute atomic E-state index is 0.0861. The van der Waals surface area contributed by atoms with E-state index in [9.17, 15) is 27.3 Å². The van der Waals surface area contributed by atoms with E-state index in [1.54, 1.807) is 32.0 Å². The number of halogens is 3. The zero-order chi connectivity index (χ0) is 26.0. The number of anilines is 2. The normalized spacial score (nSPS) is 18.7. The van der Waals surface area contributed by atoms with E-state index in [4.69, 9.17) is 4.74 Å². The summed E-state index contributed by atoms with van der Waals surface area (Å²) in [6.45, 7) is 4.25. The molecule has 1 N–H and O–H groups in total. The molecule has 0 fully saturated rings. The average Bonchev–Trinajstić information content (AvgIpc) is 2.91. The number of hydrogen-bond acceptors (Lipinski definition) is 5. The molecule has 1 heterocycles. The first-order chi connectivity index (χ1) is 16.3. The first-order valence-electron chi connectivity index (χ1n) is 11.2. The largest absolute Gasteiger partial charge is 0.491 e. The van der Waals surface area contributed by atoms with Gasteiger partial charge in [-0.1, -0.05) is 0 Å². The van der Waals surface area contributed by atoms with Crippen molar-refractivity contribution >= 4 is 39.9 Å². The lowest BCUT2D eigenvalue weighted by molar-refractivity contribution is -0.148. The molecule has 0 saturated carbocycles. The van der Waals surface area contributed by atoms with Crippen LogP contribution in [-0.4, -0.2) is 46.4 Å². The van der Waals surface area contributed by atoms with Gasteiger partial charge in [0.1, 0.15) is 18.2 Å². The van der Waals surface area contributed by atoms with E-state index in [-0.39, 0.29) is 31.1 Å². The monoisotopic (exact) mass is 529 g/mol. The number of carboxylic acids is 1. The maximum Gasteiger partial charge on any atom is 0.312 e. The molecule has 0 radical (unpaired) electrons. The molecule has 0 bridgehead atoms. The van der Waals surface area contributed by atoms with Crippen molar-refractivity contribution < 1.29 is 32.0 Å². The highest BCUT2D eigenvalue weighted by molar-refractivity contribution is 7.98. The van der Waals surface area contributed by atoms with Crippen molar-refractivity contribution in [3.8, 4) is 5.75 Å². The van der Waals surface area contributed by atoms with E-state index in [0.29, 0.717) is 33.5 Å². The van der Waals surface area contributed by atoms with Gasteiger partial charge in [0, 0.05) is 24.4 Å². The molecule has 35 heavy (non-hydrogen) atoms. The van der Waals surface area contributed by atoms with Gasteiger partial charge in [0.2, 0.25) is 5.92 Å². The van der Waals surface area contributed by atoms with Crippen LogP contribution in [0.1, 0.15) is 33.6 Å². The summed E-state index contributed by atoms with van der Waals surface area (Å²) in [5, 5.41) is 9.41. The lowest BCUT2D eigenvalue weighted by Crippen LogP contribution is -2.30. The smallest absolute Gasteiger partial charge is 0.312 e. The number of thioether (sulfide) groups is 1. The Morgan fingerprint density at radius 3 is 2.46 bits per heavy atom. The zero-order valence-electron chi connectivity index (χ0n) is 20.1. The number of benzene rings is 2. The number of aliphatic carboxylic acids is 1. The van der Waals surface area contributed by atoms with Gasteiger partial charge in [-0.2, -0.15) is 0 Å². The van der Waals surface area contributed by atoms with Crippen molar-refractivity contribution in [2.24, 2.45) is 11.3 Å². The molecule has 0 aromatic heterocycles. The Labute approximate surface area is 210 Å².